The van der Waals surface area contributed by atoms with Crippen molar-refractivity contribution < 1.29 is 13.2 Å². The molecule has 0 aliphatic heterocycles. The van der Waals surface area contributed by atoms with Crippen LogP contribution in [0.3, 0.4) is 0 Å². The minimum absolute atomic E-state index is 0.0851. The third kappa shape index (κ3) is 3.27. The molecule has 1 rings (SSSR count). The first kappa shape index (κ1) is 12.1. The van der Waals surface area contributed by atoms with E-state index in [1.807, 2.05) is 0 Å². The molecule has 0 saturated carbocycles. The third-order valence-corrected chi connectivity index (χ3v) is 2.14. The van der Waals surface area contributed by atoms with E-state index in [0.717, 1.165) is 6.07 Å². The Kier molecular flexibility index (Phi) is 3.79. The van der Waals surface area contributed by atoms with Crippen LogP contribution in [0.15, 0.2) is 24.3 Å². The van der Waals surface area contributed by atoms with Crippen LogP contribution in [0.1, 0.15) is 11.1 Å². The number of nitrogens with two attached hydrogens (primary N) is 1. The molecule has 1 aromatic carbocycles. The molecule has 0 spiro atoms. The number of anilines is 1. The molecule has 1 aromatic rings. The Morgan fingerprint density at radius 2 is 2.00 bits per heavy atom. The molecule has 0 unspecified atom stereocenters. The molecule has 0 atom stereocenters. The fourth-order valence-corrected chi connectivity index (χ4v) is 1.34. The van der Waals surface area contributed by atoms with Crippen molar-refractivity contribution in [3.63, 3.8) is 0 Å². The number of rotatable bonds is 2. The van der Waals surface area contributed by atoms with Gasteiger partial charge < -0.3 is 5.73 Å². The largest absolute Gasteiger partial charge is 0.416 e. The van der Waals surface area contributed by atoms with Crippen LogP contribution in [0.25, 0.3) is 6.08 Å². The fraction of sp³-hybridized carbons (Fsp3) is 0.200. The average molecular weight is 280 g/mol. The van der Waals surface area contributed by atoms with Gasteiger partial charge in [0.2, 0.25) is 0 Å². The lowest BCUT2D eigenvalue weighted by atomic mass is 10.1. The number of alkyl halides is 4. The molecule has 15 heavy (non-hydrogen) atoms. The molecule has 0 heterocycles. The molecular weight excluding hydrogens is 271 g/mol. The topological polar surface area (TPSA) is 26.0 Å². The first-order valence-corrected chi connectivity index (χ1v) is 5.26. The minimum atomic E-state index is -4.35. The van der Waals surface area contributed by atoms with Gasteiger partial charge in [0.15, 0.2) is 0 Å². The van der Waals surface area contributed by atoms with Crippen molar-refractivity contribution in [1.82, 2.24) is 0 Å². The zero-order chi connectivity index (χ0) is 11.5. The Balaban J connectivity index is 3.21. The Hall–Kier alpha value is -0.970. The highest BCUT2D eigenvalue weighted by molar-refractivity contribution is 9.09. The summed E-state index contributed by atoms with van der Waals surface area (Å²) in [7, 11) is 0. The van der Waals surface area contributed by atoms with Crippen LogP contribution in [0, 0.1) is 0 Å². The first-order chi connectivity index (χ1) is 6.95. The molecule has 82 valence electrons. The molecule has 0 amide bonds. The summed E-state index contributed by atoms with van der Waals surface area (Å²) < 4.78 is 37.6. The van der Waals surface area contributed by atoms with Gasteiger partial charge >= 0.3 is 6.18 Å². The molecule has 5 heteroatoms. The zero-order valence-corrected chi connectivity index (χ0v) is 9.27. The quantitative estimate of drug-likeness (QED) is 0.648. The number of hydrogen-bond acceptors (Lipinski definition) is 1. The lowest BCUT2D eigenvalue weighted by molar-refractivity contribution is -0.137. The highest BCUT2D eigenvalue weighted by atomic mass is 79.9. The summed E-state index contributed by atoms with van der Waals surface area (Å²) in [5.41, 5.74) is 5.16. The zero-order valence-electron chi connectivity index (χ0n) is 7.68. The lowest BCUT2D eigenvalue weighted by Crippen LogP contribution is -2.07. The second-order valence-corrected chi connectivity index (χ2v) is 3.55. The van der Waals surface area contributed by atoms with Crippen LogP contribution in [0.2, 0.25) is 0 Å². The van der Waals surface area contributed by atoms with Crippen molar-refractivity contribution in [3.05, 3.63) is 35.4 Å². The maximum atomic E-state index is 12.5. The molecule has 0 aliphatic rings. The van der Waals surface area contributed by atoms with Gasteiger partial charge in [-0.3, -0.25) is 0 Å². The monoisotopic (exact) mass is 279 g/mol. The summed E-state index contributed by atoms with van der Waals surface area (Å²) in [4.78, 5) is 0. The van der Waals surface area contributed by atoms with Crippen molar-refractivity contribution in [2.45, 2.75) is 6.18 Å². The molecule has 0 bridgehead atoms. The van der Waals surface area contributed by atoms with E-state index in [0.29, 0.717) is 11.0 Å². The van der Waals surface area contributed by atoms with Gasteiger partial charge in [0, 0.05) is 11.0 Å². The first-order valence-electron chi connectivity index (χ1n) is 4.14. The fourth-order valence-electron chi connectivity index (χ4n) is 1.15. The Morgan fingerprint density at radius 1 is 1.33 bits per heavy atom. The lowest BCUT2D eigenvalue weighted by Gasteiger charge is -2.10. The van der Waals surface area contributed by atoms with Gasteiger partial charge in [-0.2, -0.15) is 13.2 Å². The van der Waals surface area contributed by atoms with Crippen molar-refractivity contribution in [1.29, 1.82) is 0 Å². The van der Waals surface area contributed by atoms with Crippen LogP contribution in [0.4, 0.5) is 18.9 Å². The SMILES string of the molecule is Nc1ccc(C(F)(F)F)c(C=CCBr)c1. The van der Waals surface area contributed by atoms with E-state index in [9.17, 15) is 13.2 Å². The van der Waals surface area contributed by atoms with Gasteiger partial charge in [0.25, 0.3) is 0 Å². The van der Waals surface area contributed by atoms with Gasteiger partial charge in [0.1, 0.15) is 0 Å². The molecule has 0 aromatic heterocycles. The third-order valence-electron chi connectivity index (χ3n) is 1.77. The second kappa shape index (κ2) is 4.70. The number of benzene rings is 1. The highest BCUT2D eigenvalue weighted by Crippen LogP contribution is 2.33. The van der Waals surface area contributed by atoms with Gasteiger partial charge in [0.05, 0.1) is 5.56 Å². The molecule has 0 saturated heterocycles. The smallest absolute Gasteiger partial charge is 0.399 e. The predicted octanol–water partition coefficient (Wildman–Crippen LogP) is 3.70. The summed E-state index contributed by atoms with van der Waals surface area (Å²) in [6.45, 7) is 0. The Bertz CT molecular complexity index is 371. The summed E-state index contributed by atoms with van der Waals surface area (Å²) in [5, 5.41) is 0.499. The molecule has 2 N–H and O–H groups in total. The maximum Gasteiger partial charge on any atom is 0.416 e. The number of nitrogen functional groups attached to an aromatic ring is 1. The van der Waals surface area contributed by atoms with Crippen molar-refractivity contribution in [3.8, 4) is 0 Å². The molecule has 0 aliphatic carbocycles. The van der Waals surface area contributed by atoms with Gasteiger partial charge in [-0.25, -0.2) is 0 Å². The predicted molar refractivity (Wildman–Crippen MR) is 58.7 cm³/mol. The standard InChI is InChI=1S/C10H9BrF3N/c11-5-1-2-7-6-8(15)3-4-9(7)10(12,13)14/h1-4,6H,5,15H2. The summed E-state index contributed by atoms with van der Waals surface area (Å²) in [6, 6.07) is 3.54. The maximum absolute atomic E-state index is 12.5. The van der Waals surface area contributed by atoms with Crippen molar-refractivity contribution >= 4 is 27.7 Å². The Morgan fingerprint density at radius 3 is 2.53 bits per heavy atom. The van der Waals surface area contributed by atoms with Crippen LogP contribution in [0.5, 0.6) is 0 Å². The van der Waals surface area contributed by atoms with E-state index < -0.39 is 11.7 Å². The van der Waals surface area contributed by atoms with Gasteiger partial charge in [-0.15, -0.1) is 0 Å². The average Bonchev–Trinajstić information content (AvgIpc) is 2.12. The molecule has 1 nitrogen and oxygen atoms in total. The Labute approximate surface area is 93.9 Å². The second-order valence-electron chi connectivity index (χ2n) is 2.90. The van der Waals surface area contributed by atoms with E-state index in [-0.39, 0.29) is 5.56 Å². The van der Waals surface area contributed by atoms with Crippen LogP contribution >= 0.6 is 15.9 Å². The normalized spacial score (nSPS) is 12.3. The van der Waals surface area contributed by atoms with E-state index in [1.165, 1.54) is 18.2 Å². The summed E-state index contributed by atoms with van der Waals surface area (Å²) >= 11 is 3.10. The van der Waals surface area contributed by atoms with E-state index in [2.05, 4.69) is 15.9 Å². The van der Waals surface area contributed by atoms with Gasteiger partial charge in [-0.1, -0.05) is 28.1 Å². The van der Waals surface area contributed by atoms with Crippen LogP contribution < -0.4 is 5.73 Å². The summed E-state index contributed by atoms with van der Waals surface area (Å²) in [5.74, 6) is 0. The molecule has 0 radical (unpaired) electrons. The van der Waals surface area contributed by atoms with E-state index >= 15 is 0 Å². The number of halogens is 4. The van der Waals surface area contributed by atoms with Crippen molar-refractivity contribution in [2.75, 3.05) is 11.1 Å². The molecule has 0 fully saturated rings. The van der Waals surface area contributed by atoms with Gasteiger partial charge in [-0.05, 0) is 23.8 Å². The number of hydrogen-bond donors (Lipinski definition) is 1. The summed E-state index contributed by atoms with van der Waals surface area (Å²) in [6.07, 6.45) is -1.36. The number of allylic oxidation sites excluding steroid dienone is 1. The highest BCUT2D eigenvalue weighted by Gasteiger charge is 2.32. The van der Waals surface area contributed by atoms with E-state index in [1.54, 1.807) is 6.08 Å². The van der Waals surface area contributed by atoms with E-state index in [4.69, 9.17) is 5.73 Å². The van der Waals surface area contributed by atoms with Crippen LogP contribution in [-0.4, -0.2) is 5.33 Å². The van der Waals surface area contributed by atoms with Crippen LogP contribution in [-0.2, 0) is 6.18 Å². The van der Waals surface area contributed by atoms with Crippen molar-refractivity contribution in [2.24, 2.45) is 0 Å². The minimum Gasteiger partial charge on any atom is -0.399 e. The molecular formula is C10H9BrF3N.